The summed E-state index contributed by atoms with van der Waals surface area (Å²) in [7, 11) is 3.68. The number of carbonyl (C=O) groups excluding carboxylic acids is 2. The molecule has 1 amide bonds. The Balaban J connectivity index is 1.85. The molecule has 29 heavy (non-hydrogen) atoms. The Morgan fingerprint density at radius 2 is 1.86 bits per heavy atom. The van der Waals surface area contributed by atoms with E-state index in [0.717, 1.165) is 4.88 Å². The zero-order valence-electron chi connectivity index (χ0n) is 16.0. The van der Waals surface area contributed by atoms with Gasteiger partial charge in [0.05, 0.1) is 12.1 Å². The van der Waals surface area contributed by atoms with Gasteiger partial charge >= 0.3 is 0 Å². The number of rotatable bonds is 5. The van der Waals surface area contributed by atoms with E-state index in [1.807, 2.05) is 37.7 Å². The van der Waals surface area contributed by atoms with Crippen molar-refractivity contribution in [3.05, 3.63) is 81.8 Å². The number of hydrogen-bond donors (Lipinski definition) is 1. The first-order chi connectivity index (χ1) is 14.0. The number of aliphatic hydroxyl groups is 1. The molecule has 0 bridgehead atoms. The van der Waals surface area contributed by atoms with Gasteiger partial charge in [0.15, 0.2) is 5.88 Å². The topological polar surface area (TPSA) is 74.0 Å². The smallest absolute Gasteiger partial charge is 0.296 e. The number of furan rings is 1. The van der Waals surface area contributed by atoms with Gasteiger partial charge in [-0.05, 0) is 17.5 Å². The Kier molecular flexibility index (Phi) is 4.98. The van der Waals surface area contributed by atoms with Crippen LogP contribution < -0.4 is 4.90 Å². The number of ketones is 1. The van der Waals surface area contributed by atoms with Gasteiger partial charge in [-0.2, -0.15) is 0 Å². The fraction of sp³-hybridized carbons (Fsp3) is 0.182. The summed E-state index contributed by atoms with van der Waals surface area (Å²) in [5.41, 5.74) is 0.517. The van der Waals surface area contributed by atoms with Gasteiger partial charge in [-0.3, -0.25) is 9.59 Å². The normalized spacial score (nSPS) is 18.4. The summed E-state index contributed by atoms with van der Waals surface area (Å²) in [4.78, 5) is 30.0. The van der Waals surface area contributed by atoms with Crippen LogP contribution >= 0.6 is 11.3 Å². The minimum atomic E-state index is -0.800. The summed E-state index contributed by atoms with van der Waals surface area (Å²) in [6.07, 6.45) is 0. The Morgan fingerprint density at radius 3 is 2.48 bits per heavy atom. The molecule has 1 unspecified atom stereocenters. The number of anilines is 1. The van der Waals surface area contributed by atoms with Crippen LogP contribution in [0.5, 0.6) is 0 Å². The number of aliphatic hydroxyl groups excluding tert-OH is 1. The lowest BCUT2D eigenvalue weighted by Crippen LogP contribution is -2.28. The zero-order chi connectivity index (χ0) is 20.5. The van der Waals surface area contributed by atoms with Crippen molar-refractivity contribution >= 4 is 34.7 Å². The molecule has 0 saturated carbocycles. The minimum absolute atomic E-state index is 0.0393. The second-order valence-corrected chi connectivity index (χ2v) is 7.98. The van der Waals surface area contributed by atoms with Crippen molar-refractivity contribution in [3.63, 3.8) is 0 Å². The number of Topliss-reactive ketones (excluding diaryl/α,β-unsaturated/α-hetero) is 1. The molecular formula is C22H20N2O4S. The van der Waals surface area contributed by atoms with E-state index in [-0.39, 0.29) is 17.9 Å². The maximum absolute atomic E-state index is 12.9. The number of nitrogens with zero attached hydrogens (tertiary/aromatic N) is 2. The van der Waals surface area contributed by atoms with Crippen LogP contribution in [0.1, 0.15) is 22.2 Å². The van der Waals surface area contributed by atoms with Crippen LogP contribution in [0.4, 0.5) is 5.88 Å². The van der Waals surface area contributed by atoms with E-state index >= 15 is 0 Å². The van der Waals surface area contributed by atoms with E-state index < -0.39 is 17.7 Å². The van der Waals surface area contributed by atoms with Gasteiger partial charge in [-0.15, -0.1) is 11.3 Å². The van der Waals surface area contributed by atoms with E-state index in [1.165, 1.54) is 16.2 Å². The molecule has 1 aromatic carbocycles. The van der Waals surface area contributed by atoms with Gasteiger partial charge in [0.1, 0.15) is 17.6 Å². The van der Waals surface area contributed by atoms with Crippen molar-refractivity contribution in [3.8, 4) is 0 Å². The van der Waals surface area contributed by atoms with E-state index in [4.69, 9.17) is 4.42 Å². The fourth-order valence-corrected chi connectivity index (χ4v) is 4.09. The van der Waals surface area contributed by atoms with Crippen LogP contribution in [0.2, 0.25) is 0 Å². The van der Waals surface area contributed by atoms with Crippen LogP contribution in [-0.4, -0.2) is 35.8 Å². The molecule has 1 fully saturated rings. The van der Waals surface area contributed by atoms with Gasteiger partial charge in [0, 0.05) is 30.6 Å². The molecule has 148 valence electrons. The molecule has 2 aromatic heterocycles. The first kappa shape index (κ1) is 19.0. The van der Waals surface area contributed by atoms with E-state index in [2.05, 4.69) is 0 Å². The number of likely N-dealkylation sites (tertiary alicyclic amines) is 1. The highest BCUT2D eigenvalue weighted by Crippen LogP contribution is 2.41. The lowest BCUT2D eigenvalue weighted by molar-refractivity contribution is -0.140. The van der Waals surface area contributed by atoms with E-state index in [9.17, 15) is 14.7 Å². The number of hydrogen-bond acceptors (Lipinski definition) is 6. The molecule has 0 aliphatic carbocycles. The summed E-state index contributed by atoms with van der Waals surface area (Å²) < 4.78 is 5.93. The van der Waals surface area contributed by atoms with Crippen molar-refractivity contribution < 1.29 is 19.1 Å². The lowest BCUT2D eigenvalue weighted by Gasteiger charge is -2.23. The molecule has 7 heteroatoms. The monoisotopic (exact) mass is 408 g/mol. The Labute approximate surface area is 172 Å². The Hall–Kier alpha value is -3.32. The summed E-state index contributed by atoms with van der Waals surface area (Å²) in [6, 6.07) is 15.3. The van der Waals surface area contributed by atoms with Gasteiger partial charge < -0.3 is 19.3 Å². The van der Waals surface area contributed by atoms with Gasteiger partial charge in [-0.1, -0.05) is 36.4 Å². The molecule has 1 aliphatic rings. The number of carbonyl (C=O) groups is 2. The molecule has 0 spiro atoms. The second kappa shape index (κ2) is 7.60. The van der Waals surface area contributed by atoms with Crippen molar-refractivity contribution in [1.82, 2.24) is 4.90 Å². The van der Waals surface area contributed by atoms with Crippen molar-refractivity contribution in [2.24, 2.45) is 0 Å². The van der Waals surface area contributed by atoms with E-state index in [1.54, 1.807) is 41.3 Å². The van der Waals surface area contributed by atoms with E-state index in [0.29, 0.717) is 17.2 Å². The van der Waals surface area contributed by atoms with Crippen LogP contribution in [-0.2, 0) is 16.1 Å². The maximum Gasteiger partial charge on any atom is 0.296 e. The average molecular weight is 408 g/mol. The third kappa shape index (κ3) is 3.45. The third-order valence-electron chi connectivity index (χ3n) is 4.82. The third-order valence-corrected chi connectivity index (χ3v) is 5.68. The molecular weight excluding hydrogens is 388 g/mol. The Morgan fingerprint density at radius 1 is 1.10 bits per heavy atom. The van der Waals surface area contributed by atoms with Gasteiger partial charge in [0.25, 0.3) is 11.7 Å². The Bertz CT molecular complexity index is 1070. The quantitative estimate of drug-likeness (QED) is 0.392. The summed E-state index contributed by atoms with van der Waals surface area (Å²) >= 11 is 1.50. The van der Waals surface area contributed by atoms with Crippen molar-refractivity contribution in [1.29, 1.82) is 0 Å². The molecule has 3 aromatic rings. The molecule has 6 nitrogen and oxygen atoms in total. The molecule has 1 saturated heterocycles. The molecule has 1 N–H and O–H groups in total. The first-order valence-electron chi connectivity index (χ1n) is 9.10. The highest BCUT2D eigenvalue weighted by atomic mass is 32.1. The standard InChI is InChI=1S/C22H20N2O4S/c1-23(2)17-11-10-16(28-17)19-18(20(25)14-7-4-3-5-8-14)21(26)22(27)24(19)13-15-9-6-12-29-15/h3-12,19,25H,13H2,1-2H3/b20-18+. The van der Waals surface area contributed by atoms with Crippen LogP contribution in [0.3, 0.4) is 0 Å². The largest absolute Gasteiger partial charge is 0.507 e. The van der Waals surface area contributed by atoms with Crippen LogP contribution in [0.25, 0.3) is 5.76 Å². The average Bonchev–Trinajstić information content (AvgIpc) is 3.45. The summed E-state index contributed by atoms with van der Waals surface area (Å²) in [5, 5.41) is 12.8. The first-order valence-corrected chi connectivity index (χ1v) is 9.98. The highest BCUT2D eigenvalue weighted by Gasteiger charge is 2.47. The summed E-state index contributed by atoms with van der Waals surface area (Å²) in [6.45, 7) is 0.260. The highest BCUT2D eigenvalue weighted by molar-refractivity contribution is 7.09. The number of amides is 1. The van der Waals surface area contributed by atoms with Crippen molar-refractivity contribution in [2.75, 3.05) is 19.0 Å². The molecule has 4 rings (SSSR count). The fourth-order valence-electron chi connectivity index (χ4n) is 3.39. The summed E-state index contributed by atoms with van der Waals surface area (Å²) in [5.74, 6) is -0.534. The van der Waals surface area contributed by atoms with Crippen LogP contribution in [0, 0.1) is 0 Å². The maximum atomic E-state index is 12.9. The minimum Gasteiger partial charge on any atom is -0.507 e. The number of benzene rings is 1. The van der Waals surface area contributed by atoms with Gasteiger partial charge in [0.2, 0.25) is 0 Å². The zero-order valence-corrected chi connectivity index (χ0v) is 16.8. The lowest BCUT2D eigenvalue weighted by atomic mass is 9.99. The SMILES string of the molecule is CN(C)c1ccc(C2/C(=C(\O)c3ccccc3)C(=O)C(=O)N2Cc2cccs2)o1. The van der Waals surface area contributed by atoms with Crippen molar-refractivity contribution in [2.45, 2.75) is 12.6 Å². The predicted octanol–water partition coefficient (Wildman–Crippen LogP) is 4.03. The van der Waals surface area contributed by atoms with Gasteiger partial charge in [-0.25, -0.2) is 0 Å². The molecule has 1 aliphatic heterocycles. The molecule has 0 radical (unpaired) electrons. The molecule has 1 atom stereocenters. The van der Waals surface area contributed by atoms with Crippen LogP contribution in [0.15, 0.2) is 70.0 Å². The second-order valence-electron chi connectivity index (χ2n) is 6.94. The predicted molar refractivity (Wildman–Crippen MR) is 112 cm³/mol. The molecule has 3 heterocycles. The number of thiophene rings is 1.